The maximum atomic E-state index is 12.4. The van der Waals surface area contributed by atoms with Gasteiger partial charge in [-0.25, -0.2) is 10.2 Å². The van der Waals surface area contributed by atoms with E-state index >= 15 is 0 Å². The second-order valence-corrected chi connectivity index (χ2v) is 8.72. The van der Waals surface area contributed by atoms with Gasteiger partial charge < -0.3 is 14.2 Å². The van der Waals surface area contributed by atoms with E-state index in [1.54, 1.807) is 55.5 Å². The molecule has 0 heterocycles. The standard InChI is InChI=1S/C32H30N2O5/c1-3-21-37-28-17-13-27(14-18-28)32(36)39-30-15-9-24(10-16-30)22-33-34-31(35)23(2)38-29-19-11-26(12-20-29)25-7-5-4-6-8-25/h4-20,22-23H,3,21H2,1-2H3,(H,34,35). The Hall–Kier alpha value is -4.91. The Labute approximate surface area is 228 Å². The van der Waals surface area contributed by atoms with E-state index in [4.69, 9.17) is 14.2 Å². The topological polar surface area (TPSA) is 86.2 Å². The van der Waals surface area contributed by atoms with Gasteiger partial charge in [0.15, 0.2) is 6.10 Å². The molecule has 39 heavy (non-hydrogen) atoms. The molecule has 1 unspecified atom stereocenters. The highest BCUT2D eigenvalue weighted by molar-refractivity contribution is 5.91. The SMILES string of the molecule is CCCOc1ccc(C(=O)Oc2ccc(C=NNC(=O)C(C)Oc3ccc(-c4ccccc4)cc3)cc2)cc1. The summed E-state index contributed by atoms with van der Waals surface area (Å²) in [7, 11) is 0. The number of nitrogens with zero attached hydrogens (tertiary/aromatic N) is 1. The van der Waals surface area contributed by atoms with Crippen LogP contribution in [0.2, 0.25) is 0 Å². The van der Waals surface area contributed by atoms with Crippen molar-refractivity contribution in [3.8, 4) is 28.4 Å². The van der Waals surface area contributed by atoms with Crippen LogP contribution in [-0.2, 0) is 4.79 Å². The number of ether oxygens (including phenoxy) is 3. The summed E-state index contributed by atoms with van der Waals surface area (Å²) >= 11 is 0. The molecule has 0 spiro atoms. The van der Waals surface area contributed by atoms with E-state index in [1.165, 1.54) is 6.21 Å². The average molecular weight is 523 g/mol. The molecule has 7 heteroatoms. The number of amides is 1. The number of rotatable bonds is 11. The summed E-state index contributed by atoms with van der Waals surface area (Å²) in [4.78, 5) is 24.8. The van der Waals surface area contributed by atoms with Crippen molar-refractivity contribution in [1.29, 1.82) is 0 Å². The van der Waals surface area contributed by atoms with Gasteiger partial charge in [-0.15, -0.1) is 0 Å². The summed E-state index contributed by atoms with van der Waals surface area (Å²) in [6.07, 6.45) is 1.67. The zero-order valence-corrected chi connectivity index (χ0v) is 21.9. The molecule has 1 atom stereocenters. The number of hydrogen-bond acceptors (Lipinski definition) is 6. The van der Waals surface area contributed by atoms with E-state index in [2.05, 4.69) is 10.5 Å². The van der Waals surface area contributed by atoms with Gasteiger partial charge in [0.05, 0.1) is 18.4 Å². The van der Waals surface area contributed by atoms with E-state index in [1.807, 2.05) is 61.5 Å². The van der Waals surface area contributed by atoms with Crippen molar-refractivity contribution in [1.82, 2.24) is 5.43 Å². The third-order valence-electron chi connectivity index (χ3n) is 5.69. The molecule has 0 aliphatic heterocycles. The molecule has 4 aromatic rings. The summed E-state index contributed by atoms with van der Waals surface area (Å²) in [5.41, 5.74) is 5.81. The number of hydrogen-bond donors (Lipinski definition) is 1. The summed E-state index contributed by atoms with van der Waals surface area (Å²) in [5, 5.41) is 4.00. The van der Waals surface area contributed by atoms with Crippen molar-refractivity contribution in [3.05, 3.63) is 114 Å². The van der Waals surface area contributed by atoms with Crippen molar-refractivity contribution >= 4 is 18.1 Å². The Morgan fingerprint density at radius 1 is 0.795 bits per heavy atom. The van der Waals surface area contributed by atoms with E-state index in [0.717, 1.165) is 23.1 Å². The predicted molar refractivity (Wildman–Crippen MR) is 151 cm³/mol. The van der Waals surface area contributed by atoms with Gasteiger partial charge in [0, 0.05) is 0 Å². The number of benzene rings is 4. The third-order valence-corrected chi connectivity index (χ3v) is 5.69. The lowest BCUT2D eigenvalue weighted by Crippen LogP contribution is -2.33. The molecule has 0 radical (unpaired) electrons. The monoisotopic (exact) mass is 522 g/mol. The molecule has 4 aromatic carbocycles. The average Bonchev–Trinajstić information content (AvgIpc) is 2.98. The first kappa shape index (κ1) is 27.1. The number of carbonyl (C=O) groups excluding carboxylic acids is 2. The lowest BCUT2D eigenvalue weighted by molar-refractivity contribution is -0.127. The highest BCUT2D eigenvalue weighted by Gasteiger charge is 2.14. The molecular formula is C32H30N2O5. The maximum Gasteiger partial charge on any atom is 0.343 e. The lowest BCUT2D eigenvalue weighted by Gasteiger charge is -2.13. The van der Waals surface area contributed by atoms with Crippen LogP contribution in [0.1, 0.15) is 36.2 Å². The smallest absolute Gasteiger partial charge is 0.343 e. The molecule has 7 nitrogen and oxygen atoms in total. The van der Waals surface area contributed by atoms with Gasteiger partial charge in [0.2, 0.25) is 0 Å². The molecule has 198 valence electrons. The van der Waals surface area contributed by atoms with Crippen LogP contribution in [-0.4, -0.2) is 30.8 Å². The molecule has 0 aliphatic carbocycles. The van der Waals surface area contributed by atoms with Crippen LogP contribution in [0.5, 0.6) is 17.2 Å². The van der Waals surface area contributed by atoms with Gasteiger partial charge in [-0.1, -0.05) is 49.4 Å². The summed E-state index contributed by atoms with van der Waals surface area (Å²) in [5.74, 6) is 0.854. The van der Waals surface area contributed by atoms with E-state index < -0.39 is 12.1 Å². The minimum Gasteiger partial charge on any atom is -0.494 e. The molecular weight excluding hydrogens is 492 g/mol. The Balaban J connectivity index is 1.23. The van der Waals surface area contributed by atoms with Gasteiger partial charge in [-0.2, -0.15) is 5.10 Å². The second-order valence-electron chi connectivity index (χ2n) is 8.72. The molecule has 0 fully saturated rings. The van der Waals surface area contributed by atoms with Crippen LogP contribution < -0.4 is 19.6 Å². The summed E-state index contributed by atoms with van der Waals surface area (Å²) in [6.45, 7) is 4.31. The lowest BCUT2D eigenvalue weighted by atomic mass is 10.1. The first-order valence-corrected chi connectivity index (χ1v) is 12.7. The fourth-order valence-electron chi connectivity index (χ4n) is 3.57. The zero-order valence-electron chi connectivity index (χ0n) is 21.9. The highest BCUT2D eigenvalue weighted by atomic mass is 16.5. The van der Waals surface area contributed by atoms with Crippen LogP contribution >= 0.6 is 0 Å². The van der Waals surface area contributed by atoms with E-state index in [-0.39, 0.29) is 5.91 Å². The summed E-state index contributed by atoms with van der Waals surface area (Å²) in [6, 6.07) is 31.2. The zero-order chi connectivity index (χ0) is 27.5. The maximum absolute atomic E-state index is 12.4. The van der Waals surface area contributed by atoms with Crippen LogP contribution in [0.25, 0.3) is 11.1 Å². The normalized spacial score (nSPS) is 11.5. The molecule has 1 N–H and O–H groups in total. The van der Waals surface area contributed by atoms with Crippen LogP contribution in [0.4, 0.5) is 0 Å². The molecule has 0 aliphatic rings. The summed E-state index contributed by atoms with van der Waals surface area (Å²) < 4.78 is 16.7. The first-order valence-electron chi connectivity index (χ1n) is 12.7. The Morgan fingerprint density at radius 2 is 1.41 bits per heavy atom. The number of nitrogens with one attached hydrogen (secondary N) is 1. The molecule has 4 rings (SSSR count). The molecule has 1 amide bonds. The fourth-order valence-corrected chi connectivity index (χ4v) is 3.57. The Kier molecular flexibility index (Phi) is 9.45. The van der Waals surface area contributed by atoms with Crippen LogP contribution in [0.15, 0.2) is 108 Å². The van der Waals surface area contributed by atoms with Crippen molar-refractivity contribution in [3.63, 3.8) is 0 Å². The number of esters is 1. The molecule has 0 aromatic heterocycles. The van der Waals surface area contributed by atoms with Gasteiger partial charge in [0.1, 0.15) is 17.2 Å². The first-order chi connectivity index (χ1) is 19.0. The Bertz CT molecular complexity index is 1380. The van der Waals surface area contributed by atoms with E-state index in [9.17, 15) is 9.59 Å². The quantitative estimate of drug-likeness (QED) is 0.108. The van der Waals surface area contributed by atoms with Gasteiger partial charge >= 0.3 is 5.97 Å². The van der Waals surface area contributed by atoms with Crippen molar-refractivity contribution in [2.75, 3.05) is 6.61 Å². The van der Waals surface area contributed by atoms with Gasteiger partial charge in [0.25, 0.3) is 5.91 Å². The van der Waals surface area contributed by atoms with Crippen LogP contribution in [0, 0.1) is 0 Å². The Morgan fingerprint density at radius 3 is 2.08 bits per heavy atom. The van der Waals surface area contributed by atoms with Crippen LogP contribution in [0.3, 0.4) is 0 Å². The molecule has 0 bridgehead atoms. The highest BCUT2D eigenvalue weighted by Crippen LogP contribution is 2.22. The van der Waals surface area contributed by atoms with Crippen molar-refractivity contribution in [2.45, 2.75) is 26.4 Å². The third kappa shape index (κ3) is 8.04. The van der Waals surface area contributed by atoms with Crippen molar-refractivity contribution in [2.24, 2.45) is 5.10 Å². The minimum atomic E-state index is -0.737. The number of carbonyl (C=O) groups is 2. The molecule has 0 saturated carbocycles. The number of hydrazone groups is 1. The van der Waals surface area contributed by atoms with Gasteiger partial charge in [-0.3, -0.25) is 4.79 Å². The second kappa shape index (κ2) is 13.6. The molecule has 0 saturated heterocycles. The van der Waals surface area contributed by atoms with E-state index in [0.29, 0.717) is 29.4 Å². The van der Waals surface area contributed by atoms with Gasteiger partial charge in [-0.05, 0) is 90.7 Å². The van der Waals surface area contributed by atoms with Crippen molar-refractivity contribution < 1.29 is 23.8 Å². The minimum absolute atomic E-state index is 0.380. The fraction of sp³-hybridized carbons (Fsp3) is 0.156. The largest absolute Gasteiger partial charge is 0.494 e. The predicted octanol–water partition coefficient (Wildman–Crippen LogP) is 6.28.